The van der Waals surface area contributed by atoms with Crippen molar-refractivity contribution >= 4 is 30.7 Å². The molecular weight excluding hydrogens is 285 g/mol. The molecule has 0 unspecified atom stereocenters. The van der Waals surface area contributed by atoms with Gasteiger partial charge in [0.1, 0.15) is 0 Å². The Hall–Kier alpha value is -0.0300. The van der Waals surface area contributed by atoms with Gasteiger partial charge in [-0.2, -0.15) is 0 Å². The molecule has 0 aromatic carbocycles. The van der Waals surface area contributed by atoms with Gasteiger partial charge in [-0.3, -0.25) is 4.79 Å². The number of piperidine rings is 1. The molecule has 0 atom stereocenters. The maximum atomic E-state index is 11.9. The summed E-state index contributed by atoms with van der Waals surface area (Å²) in [5.41, 5.74) is 0. The zero-order valence-electron chi connectivity index (χ0n) is 11.8. The highest BCUT2D eigenvalue weighted by atomic mass is 35.5. The maximum absolute atomic E-state index is 11.9. The van der Waals surface area contributed by atoms with Crippen molar-refractivity contribution in [1.29, 1.82) is 0 Å². The number of amides is 1. The van der Waals surface area contributed by atoms with E-state index in [4.69, 9.17) is 0 Å². The maximum Gasteiger partial charge on any atom is 0.223 e. The SMILES string of the molecule is CNCCC(=O)N1CCC(N2CCCC2)CC1.Cl.Cl. The zero-order chi connectivity index (χ0) is 12.1. The first kappa shape index (κ1) is 19.0. The minimum absolute atomic E-state index is 0. The lowest BCUT2D eigenvalue weighted by molar-refractivity contribution is -0.132. The Morgan fingerprint density at radius 2 is 1.68 bits per heavy atom. The van der Waals surface area contributed by atoms with Crippen LogP contribution in [0.2, 0.25) is 0 Å². The molecule has 1 N–H and O–H groups in total. The lowest BCUT2D eigenvalue weighted by Gasteiger charge is -2.36. The third-order valence-corrected chi connectivity index (χ3v) is 4.06. The van der Waals surface area contributed by atoms with Gasteiger partial charge >= 0.3 is 0 Å². The summed E-state index contributed by atoms with van der Waals surface area (Å²) in [6.07, 6.45) is 5.71. The third kappa shape index (κ3) is 5.46. The molecule has 2 fully saturated rings. The highest BCUT2D eigenvalue weighted by Crippen LogP contribution is 2.21. The van der Waals surface area contributed by atoms with Crippen LogP contribution in [-0.4, -0.2) is 61.5 Å². The summed E-state index contributed by atoms with van der Waals surface area (Å²) < 4.78 is 0. The van der Waals surface area contributed by atoms with E-state index < -0.39 is 0 Å². The number of nitrogens with zero attached hydrogens (tertiary/aromatic N) is 2. The molecule has 19 heavy (non-hydrogen) atoms. The molecule has 0 radical (unpaired) electrons. The largest absolute Gasteiger partial charge is 0.343 e. The molecule has 2 rings (SSSR count). The summed E-state index contributed by atoms with van der Waals surface area (Å²) in [6, 6.07) is 0.742. The predicted octanol–water partition coefficient (Wildman–Crippen LogP) is 1.53. The predicted molar refractivity (Wildman–Crippen MR) is 83.4 cm³/mol. The van der Waals surface area contributed by atoms with Crippen LogP contribution in [0, 0.1) is 0 Å². The molecule has 0 saturated carbocycles. The standard InChI is InChI=1S/C13H25N3O.2ClH/c1-14-7-4-13(17)16-10-5-12(6-11-16)15-8-2-3-9-15;;/h12,14H,2-11H2,1H3;2*1H. The summed E-state index contributed by atoms with van der Waals surface area (Å²) in [7, 11) is 1.90. The molecule has 0 spiro atoms. The van der Waals surface area contributed by atoms with Crippen molar-refractivity contribution in [2.45, 2.75) is 38.1 Å². The van der Waals surface area contributed by atoms with E-state index in [1.165, 1.54) is 38.8 Å². The molecule has 0 bridgehead atoms. The van der Waals surface area contributed by atoms with Gasteiger partial charge in [0.25, 0.3) is 0 Å². The number of likely N-dealkylation sites (tertiary alicyclic amines) is 2. The van der Waals surface area contributed by atoms with E-state index in [9.17, 15) is 4.79 Å². The first-order valence-corrected chi connectivity index (χ1v) is 6.97. The highest BCUT2D eigenvalue weighted by Gasteiger charge is 2.27. The van der Waals surface area contributed by atoms with Crippen LogP contribution in [0.4, 0.5) is 0 Å². The normalized spacial score (nSPS) is 20.8. The lowest BCUT2D eigenvalue weighted by atomic mass is 10.0. The van der Waals surface area contributed by atoms with Crippen molar-refractivity contribution < 1.29 is 4.79 Å². The average molecular weight is 312 g/mol. The molecule has 2 saturated heterocycles. The molecule has 0 aromatic rings. The van der Waals surface area contributed by atoms with Crippen molar-refractivity contribution in [3.05, 3.63) is 0 Å². The summed E-state index contributed by atoms with van der Waals surface area (Å²) in [5, 5.41) is 3.04. The summed E-state index contributed by atoms with van der Waals surface area (Å²) in [6.45, 7) is 5.27. The molecule has 4 nitrogen and oxygen atoms in total. The van der Waals surface area contributed by atoms with Gasteiger partial charge in [-0.15, -0.1) is 24.8 Å². The van der Waals surface area contributed by atoms with E-state index in [1.54, 1.807) is 0 Å². The van der Waals surface area contributed by atoms with E-state index >= 15 is 0 Å². The molecule has 0 aliphatic carbocycles. The van der Waals surface area contributed by atoms with Gasteiger partial charge in [0.15, 0.2) is 0 Å². The fraction of sp³-hybridized carbons (Fsp3) is 0.923. The molecular formula is C13H27Cl2N3O. The Morgan fingerprint density at radius 3 is 2.21 bits per heavy atom. The number of halogens is 2. The fourth-order valence-corrected chi connectivity index (χ4v) is 2.98. The number of carbonyl (C=O) groups is 1. The van der Waals surface area contributed by atoms with Crippen LogP contribution in [-0.2, 0) is 4.79 Å². The Morgan fingerprint density at radius 1 is 1.11 bits per heavy atom. The number of hydrogen-bond donors (Lipinski definition) is 1. The van der Waals surface area contributed by atoms with Crippen LogP contribution in [0.3, 0.4) is 0 Å². The van der Waals surface area contributed by atoms with Gasteiger partial charge in [-0.05, 0) is 45.8 Å². The van der Waals surface area contributed by atoms with Gasteiger partial charge < -0.3 is 15.1 Å². The van der Waals surface area contributed by atoms with Crippen molar-refractivity contribution in [2.75, 3.05) is 39.8 Å². The van der Waals surface area contributed by atoms with E-state index in [2.05, 4.69) is 10.2 Å². The van der Waals surface area contributed by atoms with Crippen molar-refractivity contribution in [1.82, 2.24) is 15.1 Å². The zero-order valence-corrected chi connectivity index (χ0v) is 13.4. The third-order valence-electron chi connectivity index (χ3n) is 4.06. The van der Waals surface area contributed by atoms with Crippen LogP contribution in [0.25, 0.3) is 0 Å². The lowest BCUT2D eigenvalue weighted by Crippen LogP contribution is -2.46. The smallest absolute Gasteiger partial charge is 0.223 e. The van der Waals surface area contributed by atoms with Gasteiger partial charge in [0, 0.05) is 32.1 Å². The van der Waals surface area contributed by atoms with E-state index in [-0.39, 0.29) is 24.8 Å². The Balaban J connectivity index is 0.00000162. The van der Waals surface area contributed by atoms with Crippen LogP contribution in [0.1, 0.15) is 32.1 Å². The van der Waals surface area contributed by atoms with Crippen LogP contribution < -0.4 is 5.32 Å². The van der Waals surface area contributed by atoms with E-state index in [0.29, 0.717) is 12.3 Å². The second kappa shape index (κ2) is 9.81. The van der Waals surface area contributed by atoms with Gasteiger partial charge in [0.2, 0.25) is 5.91 Å². The monoisotopic (exact) mass is 311 g/mol. The van der Waals surface area contributed by atoms with Crippen LogP contribution in [0.5, 0.6) is 0 Å². The Labute approximate surface area is 129 Å². The fourth-order valence-electron chi connectivity index (χ4n) is 2.98. The second-order valence-electron chi connectivity index (χ2n) is 5.21. The summed E-state index contributed by atoms with van der Waals surface area (Å²) in [4.78, 5) is 16.5. The van der Waals surface area contributed by atoms with E-state index in [0.717, 1.165) is 25.7 Å². The van der Waals surface area contributed by atoms with Crippen molar-refractivity contribution in [3.63, 3.8) is 0 Å². The minimum Gasteiger partial charge on any atom is -0.343 e. The number of carbonyl (C=O) groups excluding carboxylic acids is 1. The number of rotatable bonds is 4. The molecule has 114 valence electrons. The first-order valence-electron chi connectivity index (χ1n) is 6.97. The minimum atomic E-state index is 0. The van der Waals surface area contributed by atoms with Crippen molar-refractivity contribution in [3.8, 4) is 0 Å². The van der Waals surface area contributed by atoms with Gasteiger partial charge in [-0.1, -0.05) is 0 Å². The molecule has 0 aromatic heterocycles. The van der Waals surface area contributed by atoms with Crippen LogP contribution >= 0.6 is 24.8 Å². The average Bonchev–Trinajstić information content (AvgIpc) is 2.90. The molecule has 2 aliphatic heterocycles. The first-order chi connectivity index (χ1) is 8.31. The topological polar surface area (TPSA) is 35.6 Å². The Bertz CT molecular complexity index is 252. The molecule has 2 aliphatic rings. The van der Waals surface area contributed by atoms with E-state index in [1.807, 2.05) is 11.9 Å². The van der Waals surface area contributed by atoms with Gasteiger partial charge in [0.05, 0.1) is 0 Å². The van der Waals surface area contributed by atoms with Crippen LogP contribution in [0.15, 0.2) is 0 Å². The number of nitrogens with one attached hydrogen (secondary N) is 1. The second-order valence-corrected chi connectivity index (χ2v) is 5.21. The number of hydrogen-bond acceptors (Lipinski definition) is 3. The van der Waals surface area contributed by atoms with Gasteiger partial charge in [-0.25, -0.2) is 0 Å². The molecule has 1 amide bonds. The molecule has 6 heteroatoms. The summed E-state index contributed by atoms with van der Waals surface area (Å²) >= 11 is 0. The highest BCUT2D eigenvalue weighted by molar-refractivity contribution is 5.85. The Kier molecular flexibility index (Phi) is 9.79. The molecule has 2 heterocycles. The quantitative estimate of drug-likeness (QED) is 0.855. The van der Waals surface area contributed by atoms with Crippen molar-refractivity contribution in [2.24, 2.45) is 0 Å². The summed E-state index contributed by atoms with van der Waals surface area (Å²) in [5.74, 6) is 0.319.